The first kappa shape index (κ1) is 18.1. The highest BCUT2D eigenvalue weighted by atomic mass is 16.2. The number of benzene rings is 2. The van der Waals surface area contributed by atoms with Crippen LogP contribution in [0.5, 0.6) is 0 Å². The third-order valence-electron chi connectivity index (χ3n) is 4.77. The molecule has 5 nitrogen and oxygen atoms in total. The maximum Gasteiger partial charge on any atom is 0.228 e. The number of anilines is 1. The van der Waals surface area contributed by atoms with E-state index in [1.807, 2.05) is 42.5 Å². The molecule has 0 saturated carbocycles. The van der Waals surface area contributed by atoms with Gasteiger partial charge in [0.05, 0.1) is 12.3 Å². The number of nitrogens with zero attached hydrogens (tertiary/aromatic N) is 1. The van der Waals surface area contributed by atoms with Crippen molar-refractivity contribution >= 4 is 17.5 Å². The van der Waals surface area contributed by atoms with Gasteiger partial charge in [0, 0.05) is 18.8 Å². The summed E-state index contributed by atoms with van der Waals surface area (Å²) in [5.74, 6) is -0.438. The number of hydrogen-bond acceptors (Lipinski definition) is 3. The summed E-state index contributed by atoms with van der Waals surface area (Å²) in [6.45, 7) is 2.62. The molecular formula is C21H25N3O2. The van der Waals surface area contributed by atoms with E-state index in [9.17, 15) is 9.59 Å². The van der Waals surface area contributed by atoms with E-state index >= 15 is 0 Å². The van der Waals surface area contributed by atoms with Crippen LogP contribution in [-0.4, -0.2) is 29.8 Å². The van der Waals surface area contributed by atoms with Crippen molar-refractivity contribution in [3.63, 3.8) is 0 Å². The van der Waals surface area contributed by atoms with Crippen molar-refractivity contribution < 1.29 is 9.59 Å². The van der Waals surface area contributed by atoms with Crippen molar-refractivity contribution in [3.8, 4) is 0 Å². The average molecular weight is 351 g/mol. The van der Waals surface area contributed by atoms with Crippen LogP contribution < -0.4 is 11.1 Å². The van der Waals surface area contributed by atoms with Crippen molar-refractivity contribution in [2.24, 2.45) is 11.7 Å². The van der Waals surface area contributed by atoms with Gasteiger partial charge in [-0.15, -0.1) is 0 Å². The van der Waals surface area contributed by atoms with Crippen LogP contribution in [-0.2, 0) is 22.6 Å². The third kappa shape index (κ3) is 4.92. The molecule has 3 rings (SSSR count). The SMILES string of the molecule is NC(=O)Cc1ccccc1NC(=O)C1CCCN(Cc2ccccc2)C1. The first-order chi connectivity index (χ1) is 12.6. The second kappa shape index (κ2) is 8.63. The lowest BCUT2D eigenvalue weighted by Crippen LogP contribution is -2.40. The van der Waals surface area contributed by atoms with E-state index in [-0.39, 0.29) is 18.2 Å². The largest absolute Gasteiger partial charge is 0.369 e. The van der Waals surface area contributed by atoms with Gasteiger partial charge < -0.3 is 11.1 Å². The predicted molar refractivity (Wildman–Crippen MR) is 102 cm³/mol. The van der Waals surface area contributed by atoms with Gasteiger partial charge in [-0.25, -0.2) is 0 Å². The number of piperidine rings is 1. The fraction of sp³-hybridized carbons (Fsp3) is 0.333. The fourth-order valence-corrected chi connectivity index (χ4v) is 3.47. The van der Waals surface area contributed by atoms with Gasteiger partial charge in [0.2, 0.25) is 11.8 Å². The normalized spacial score (nSPS) is 17.6. The first-order valence-corrected chi connectivity index (χ1v) is 9.05. The molecule has 0 spiro atoms. The summed E-state index contributed by atoms with van der Waals surface area (Å²) in [6, 6.07) is 17.7. The standard InChI is InChI=1S/C21H25N3O2/c22-20(25)13-17-9-4-5-11-19(17)23-21(26)18-10-6-12-24(15-18)14-16-7-2-1-3-8-16/h1-5,7-9,11,18H,6,10,12-15H2,(H2,22,25)(H,23,26). The molecule has 26 heavy (non-hydrogen) atoms. The Kier molecular flexibility index (Phi) is 6.02. The van der Waals surface area contributed by atoms with Crippen LogP contribution in [0.1, 0.15) is 24.0 Å². The zero-order valence-electron chi connectivity index (χ0n) is 14.9. The number of carbonyl (C=O) groups excluding carboxylic acids is 2. The van der Waals surface area contributed by atoms with E-state index in [2.05, 4.69) is 22.3 Å². The van der Waals surface area contributed by atoms with E-state index in [4.69, 9.17) is 5.73 Å². The van der Waals surface area contributed by atoms with Crippen LogP contribution in [0.15, 0.2) is 54.6 Å². The number of nitrogens with one attached hydrogen (secondary N) is 1. The molecule has 2 aromatic rings. The average Bonchev–Trinajstić information content (AvgIpc) is 2.64. The molecule has 0 aliphatic carbocycles. The summed E-state index contributed by atoms with van der Waals surface area (Å²) in [4.78, 5) is 26.3. The van der Waals surface area contributed by atoms with Crippen LogP contribution >= 0.6 is 0 Å². The van der Waals surface area contributed by atoms with Crippen molar-refractivity contribution in [1.29, 1.82) is 0 Å². The Bertz CT molecular complexity index is 761. The van der Waals surface area contributed by atoms with Crippen LogP contribution in [0.2, 0.25) is 0 Å². The van der Waals surface area contributed by atoms with Crippen molar-refractivity contribution in [2.75, 3.05) is 18.4 Å². The van der Waals surface area contributed by atoms with E-state index < -0.39 is 5.91 Å². The zero-order valence-corrected chi connectivity index (χ0v) is 14.9. The van der Waals surface area contributed by atoms with E-state index in [0.717, 1.165) is 38.0 Å². The second-order valence-corrected chi connectivity index (χ2v) is 6.85. The van der Waals surface area contributed by atoms with Gasteiger partial charge >= 0.3 is 0 Å². The maximum absolute atomic E-state index is 12.7. The number of hydrogen-bond donors (Lipinski definition) is 2. The van der Waals surface area contributed by atoms with Gasteiger partial charge in [-0.1, -0.05) is 48.5 Å². The minimum atomic E-state index is -0.404. The second-order valence-electron chi connectivity index (χ2n) is 6.85. The Morgan fingerprint density at radius 3 is 2.58 bits per heavy atom. The predicted octanol–water partition coefficient (Wildman–Crippen LogP) is 2.57. The molecule has 0 bridgehead atoms. The quantitative estimate of drug-likeness (QED) is 0.840. The number of primary amides is 1. The Hall–Kier alpha value is -2.66. The maximum atomic E-state index is 12.7. The van der Waals surface area contributed by atoms with Crippen LogP contribution in [0.3, 0.4) is 0 Å². The smallest absolute Gasteiger partial charge is 0.228 e. The van der Waals surface area contributed by atoms with Crippen molar-refractivity contribution in [3.05, 3.63) is 65.7 Å². The van der Waals surface area contributed by atoms with E-state index in [1.54, 1.807) is 0 Å². The number of rotatable bonds is 6. The number of amides is 2. The summed E-state index contributed by atoms with van der Waals surface area (Å²) in [5, 5.41) is 3.00. The molecule has 0 radical (unpaired) electrons. The highest BCUT2D eigenvalue weighted by Crippen LogP contribution is 2.22. The lowest BCUT2D eigenvalue weighted by atomic mass is 9.96. The van der Waals surface area contributed by atoms with E-state index in [0.29, 0.717) is 5.69 Å². The molecule has 5 heteroatoms. The molecule has 1 unspecified atom stereocenters. The molecule has 1 saturated heterocycles. The van der Waals surface area contributed by atoms with Crippen molar-refractivity contribution in [1.82, 2.24) is 4.90 Å². The molecule has 136 valence electrons. The van der Waals surface area contributed by atoms with Gasteiger partial charge in [-0.2, -0.15) is 0 Å². The summed E-state index contributed by atoms with van der Waals surface area (Å²) >= 11 is 0. The summed E-state index contributed by atoms with van der Waals surface area (Å²) in [6.07, 6.45) is 2.02. The minimum Gasteiger partial charge on any atom is -0.369 e. The number of para-hydroxylation sites is 1. The Labute approximate surface area is 154 Å². The summed E-state index contributed by atoms with van der Waals surface area (Å²) in [5.41, 5.74) is 8.00. The highest BCUT2D eigenvalue weighted by molar-refractivity contribution is 5.94. The Balaban J connectivity index is 1.62. The topological polar surface area (TPSA) is 75.4 Å². The number of likely N-dealkylation sites (tertiary alicyclic amines) is 1. The molecule has 2 aromatic carbocycles. The van der Waals surface area contributed by atoms with Gasteiger partial charge in [0.15, 0.2) is 0 Å². The fourth-order valence-electron chi connectivity index (χ4n) is 3.47. The monoisotopic (exact) mass is 351 g/mol. The molecule has 2 amide bonds. The third-order valence-corrected chi connectivity index (χ3v) is 4.77. The van der Waals surface area contributed by atoms with Gasteiger partial charge in [0.1, 0.15) is 0 Å². The lowest BCUT2D eigenvalue weighted by Gasteiger charge is -2.32. The molecule has 1 heterocycles. The Morgan fingerprint density at radius 1 is 1.08 bits per heavy atom. The first-order valence-electron chi connectivity index (χ1n) is 9.05. The Morgan fingerprint density at radius 2 is 1.81 bits per heavy atom. The molecular weight excluding hydrogens is 326 g/mol. The summed E-state index contributed by atoms with van der Waals surface area (Å²) < 4.78 is 0. The zero-order chi connectivity index (χ0) is 18.4. The molecule has 1 atom stereocenters. The van der Waals surface area contributed by atoms with Crippen LogP contribution in [0.4, 0.5) is 5.69 Å². The molecule has 3 N–H and O–H groups in total. The molecule has 0 aromatic heterocycles. The molecule has 1 aliphatic heterocycles. The number of nitrogens with two attached hydrogens (primary N) is 1. The van der Waals surface area contributed by atoms with Gasteiger partial charge in [-0.3, -0.25) is 14.5 Å². The minimum absolute atomic E-state index is 0.0136. The molecule has 1 aliphatic rings. The molecule has 1 fully saturated rings. The van der Waals surface area contributed by atoms with Crippen LogP contribution in [0, 0.1) is 5.92 Å². The van der Waals surface area contributed by atoms with E-state index in [1.165, 1.54) is 5.56 Å². The van der Waals surface area contributed by atoms with Crippen molar-refractivity contribution in [2.45, 2.75) is 25.8 Å². The van der Waals surface area contributed by atoms with Gasteiger partial charge in [0.25, 0.3) is 0 Å². The highest BCUT2D eigenvalue weighted by Gasteiger charge is 2.26. The summed E-state index contributed by atoms with van der Waals surface area (Å²) in [7, 11) is 0. The lowest BCUT2D eigenvalue weighted by molar-refractivity contribution is -0.121. The number of carbonyl (C=O) groups is 2. The van der Waals surface area contributed by atoms with Gasteiger partial charge in [-0.05, 0) is 36.6 Å². The van der Waals surface area contributed by atoms with Crippen LogP contribution in [0.25, 0.3) is 0 Å².